The normalized spacial score (nSPS) is 16.8. The molecule has 0 aromatic rings. The molecule has 0 radical (unpaired) electrons. The van der Waals surface area contributed by atoms with E-state index in [1.54, 1.807) is 0 Å². The van der Waals surface area contributed by atoms with Gasteiger partial charge >= 0.3 is 18.2 Å². The second-order valence-electron chi connectivity index (χ2n) is 4.69. The number of nitrogens with one attached hydrogen (secondary N) is 2. The number of amides is 2. The van der Waals surface area contributed by atoms with E-state index in [0.29, 0.717) is 12.3 Å². The number of rotatable bonds is 7. The predicted octanol–water partition coefficient (Wildman–Crippen LogP) is 1.88. The van der Waals surface area contributed by atoms with Gasteiger partial charge in [0.25, 0.3) is 0 Å². The van der Waals surface area contributed by atoms with Crippen LogP contribution in [0.5, 0.6) is 0 Å². The average Bonchev–Trinajstić information content (AvgIpc) is 3.06. The van der Waals surface area contributed by atoms with Crippen LogP contribution in [0.2, 0.25) is 0 Å². The average molecular weight is 282 g/mol. The summed E-state index contributed by atoms with van der Waals surface area (Å²) in [4.78, 5) is 22.2. The van der Waals surface area contributed by atoms with Crippen molar-refractivity contribution in [3.8, 4) is 0 Å². The van der Waals surface area contributed by atoms with Crippen LogP contribution >= 0.6 is 0 Å². The number of urea groups is 1. The van der Waals surface area contributed by atoms with Gasteiger partial charge in [0.2, 0.25) is 0 Å². The standard InChI is InChI=1S/C11H17F3N2O3/c12-11(13,14)4-1-5-15-10(19)16-8(9(17)18)6-7-2-3-7/h7-8H,1-6H2,(H,17,18)(H2,15,16,19)/t8-/m0/s1. The Morgan fingerprint density at radius 2 is 1.95 bits per heavy atom. The highest BCUT2D eigenvalue weighted by molar-refractivity contribution is 5.82. The SMILES string of the molecule is O=C(NCCCC(F)(F)F)N[C@@H](CC1CC1)C(=O)O. The summed E-state index contributed by atoms with van der Waals surface area (Å²) in [5, 5.41) is 13.4. The lowest BCUT2D eigenvalue weighted by atomic mass is 10.1. The Hall–Kier alpha value is -1.47. The van der Waals surface area contributed by atoms with E-state index in [0.717, 1.165) is 12.8 Å². The van der Waals surface area contributed by atoms with Crippen molar-refractivity contribution >= 4 is 12.0 Å². The first kappa shape index (κ1) is 15.6. The Labute approximate surface area is 108 Å². The lowest BCUT2D eigenvalue weighted by Gasteiger charge is -2.15. The third-order valence-electron chi connectivity index (χ3n) is 2.79. The summed E-state index contributed by atoms with van der Waals surface area (Å²) in [5.41, 5.74) is 0. The van der Waals surface area contributed by atoms with E-state index in [-0.39, 0.29) is 13.0 Å². The molecule has 1 saturated carbocycles. The number of alkyl halides is 3. The summed E-state index contributed by atoms with van der Waals surface area (Å²) in [7, 11) is 0. The minimum atomic E-state index is -4.24. The molecule has 3 N–H and O–H groups in total. The number of aliphatic carboxylic acids is 1. The molecule has 2 amide bonds. The van der Waals surface area contributed by atoms with Crippen LogP contribution in [-0.4, -0.2) is 35.9 Å². The number of carboxylic acid groups (broad SMARTS) is 1. The number of carbonyl (C=O) groups excluding carboxylic acids is 1. The van der Waals surface area contributed by atoms with Crippen LogP contribution < -0.4 is 10.6 Å². The van der Waals surface area contributed by atoms with Crippen molar-refractivity contribution in [3.05, 3.63) is 0 Å². The van der Waals surface area contributed by atoms with Crippen LogP contribution in [0, 0.1) is 5.92 Å². The highest BCUT2D eigenvalue weighted by atomic mass is 19.4. The first-order chi connectivity index (χ1) is 8.78. The van der Waals surface area contributed by atoms with Gasteiger partial charge in [-0.15, -0.1) is 0 Å². The van der Waals surface area contributed by atoms with Crippen molar-refractivity contribution in [2.75, 3.05) is 6.54 Å². The van der Waals surface area contributed by atoms with E-state index >= 15 is 0 Å². The molecule has 1 atom stereocenters. The van der Waals surface area contributed by atoms with Gasteiger partial charge in [-0.05, 0) is 18.8 Å². The third-order valence-corrected chi connectivity index (χ3v) is 2.79. The quantitative estimate of drug-likeness (QED) is 0.624. The summed E-state index contributed by atoms with van der Waals surface area (Å²) >= 11 is 0. The van der Waals surface area contributed by atoms with E-state index in [4.69, 9.17) is 5.11 Å². The molecule has 0 heterocycles. The number of hydrogen-bond acceptors (Lipinski definition) is 2. The molecule has 0 bridgehead atoms. The molecule has 1 aliphatic rings. The lowest BCUT2D eigenvalue weighted by Crippen LogP contribution is -2.46. The van der Waals surface area contributed by atoms with Crippen molar-refractivity contribution in [1.29, 1.82) is 0 Å². The Balaban J connectivity index is 2.18. The second kappa shape index (κ2) is 6.63. The summed E-state index contributed by atoms with van der Waals surface area (Å²) in [6.07, 6.45) is -3.16. The fraction of sp³-hybridized carbons (Fsp3) is 0.818. The predicted molar refractivity (Wildman–Crippen MR) is 60.6 cm³/mol. The highest BCUT2D eigenvalue weighted by Crippen LogP contribution is 2.33. The van der Waals surface area contributed by atoms with Gasteiger partial charge < -0.3 is 15.7 Å². The molecule has 0 saturated heterocycles. The fourth-order valence-electron chi connectivity index (χ4n) is 1.61. The molecule has 0 aliphatic heterocycles. The fourth-order valence-corrected chi connectivity index (χ4v) is 1.61. The van der Waals surface area contributed by atoms with Gasteiger partial charge in [-0.3, -0.25) is 0 Å². The van der Waals surface area contributed by atoms with E-state index < -0.39 is 30.6 Å². The zero-order valence-electron chi connectivity index (χ0n) is 10.3. The van der Waals surface area contributed by atoms with Crippen molar-refractivity contribution < 1.29 is 27.9 Å². The molecule has 0 aromatic heterocycles. The Kier molecular flexibility index (Phi) is 5.44. The summed E-state index contributed by atoms with van der Waals surface area (Å²) in [6, 6.07) is -1.72. The van der Waals surface area contributed by atoms with E-state index in [1.165, 1.54) is 0 Å². The molecule has 1 rings (SSSR count). The molecule has 1 aliphatic carbocycles. The van der Waals surface area contributed by atoms with Gasteiger partial charge in [0.15, 0.2) is 0 Å². The van der Waals surface area contributed by atoms with Crippen molar-refractivity contribution in [2.24, 2.45) is 5.92 Å². The largest absolute Gasteiger partial charge is 0.480 e. The van der Waals surface area contributed by atoms with Crippen LogP contribution in [0.3, 0.4) is 0 Å². The minimum absolute atomic E-state index is 0.138. The Morgan fingerprint density at radius 1 is 1.32 bits per heavy atom. The Bertz CT molecular complexity index is 330. The molecule has 8 heteroatoms. The molecule has 0 spiro atoms. The molecule has 1 fully saturated rings. The van der Waals surface area contributed by atoms with E-state index in [9.17, 15) is 22.8 Å². The van der Waals surface area contributed by atoms with Gasteiger partial charge in [0.05, 0.1) is 0 Å². The van der Waals surface area contributed by atoms with Gasteiger partial charge in [-0.25, -0.2) is 9.59 Å². The molecule has 5 nitrogen and oxygen atoms in total. The summed E-state index contributed by atoms with van der Waals surface area (Å²) in [6.45, 7) is -0.138. The maximum absolute atomic E-state index is 11.8. The number of hydrogen-bond donors (Lipinski definition) is 3. The topological polar surface area (TPSA) is 78.4 Å². The molecule has 110 valence electrons. The summed E-state index contributed by atoms with van der Waals surface area (Å²) < 4.78 is 35.5. The van der Waals surface area contributed by atoms with Gasteiger partial charge in [-0.1, -0.05) is 12.8 Å². The highest BCUT2D eigenvalue weighted by Gasteiger charge is 2.30. The first-order valence-corrected chi connectivity index (χ1v) is 6.12. The summed E-state index contributed by atoms with van der Waals surface area (Å²) in [5.74, 6) is -0.802. The third kappa shape index (κ3) is 7.53. The number of halogens is 3. The van der Waals surface area contributed by atoms with Crippen LogP contribution in [0.25, 0.3) is 0 Å². The smallest absolute Gasteiger partial charge is 0.389 e. The number of carbonyl (C=O) groups is 2. The maximum Gasteiger partial charge on any atom is 0.389 e. The zero-order valence-corrected chi connectivity index (χ0v) is 10.3. The van der Waals surface area contributed by atoms with Crippen molar-refractivity contribution in [3.63, 3.8) is 0 Å². The maximum atomic E-state index is 11.8. The van der Waals surface area contributed by atoms with Crippen LogP contribution in [0.1, 0.15) is 32.1 Å². The number of carboxylic acids is 1. The monoisotopic (exact) mass is 282 g/mol. The minimum Gasteiger partial charge on any atom is -0.480 e. The van der Waals surface area contributed by atoms with Gasteiger partial charge in [-0.2, -0.15) is 13.2 Å². The van der Waals surface area contributed by atoms with Gasteiger partial charge in [0, 0.05) is 13.0 Å². The molecular formula is C11H17F3N2O3. The zero-order chi connectivity index (χ0) is 14.5. The molecule has 0 aromatic carbocycles. The first-order valence-electron chi connectivity index (χ1n) is 6.12. The Morgan fingerprint density at radius 3 is 2.42 bits per heavy atom. The van der Waals surface area contributed by atoms with Crippen LogP contribution in [0.15, 0.2) is 0 Å². The van der Waals surface area contributed by atoms with Crippen LogP contribution in [-0.2, 0) is 4.79 Å². The molecule has 19 heavy (non-hydrogen) atoms. The van der Waals surface area contributed by atoms with Crippen molar-refractivity contribution in [1.82, 2.24) is 10.6 Å². The molecule has 0 unspecified atom stereocenters. The van der Waals surface area contributed by atoms with Crippen LogP contribution in [0.4, 0.5) is 18.0 Å². The van der Waals surface area contributed by atoms with E-state index in [2.05, 4.69) is 10.6 Å². The van der Waals surface area contributed by atoms with E-state index in [1.807, 2.05) is 0 Å². The second-order valence-corrected chi connectivity index (χ2v) is 4.69. The van der Waals surface area contributed by atoms with Crippen molar-refractivity contribution in [2.45, 2.75) is 44.3 Å². The lowest BCUT2D eigenvalue weighted by molar-refractivity contribution is -0.139. The van der Waals surface area contributed by atoms with Gasteiger partial charge in [0.1, 0.15) is 6.04 Å². The molecular weight excluding hydrogens is 265 g/mol.